The normalized spacial score (nSPS) is 10.4. The van der Waals surface area contributed by atoms with Gasteiger partial charge in [0.1, 0.15) is 0 Å². The molecule has 1 aromatic heterocycles. The summed E-state index contributed by atoms with van der Waals surface area (Å²) in [6, 6.07) is 4.99. The predicted octanol–water partition coefficient (Wildman–Crippen LogP) is -0.146. The number of anilines is 1. The summed E-state index contributed by atoms with van der Waals surface area (Å²) in [5.41, 5.74) is 6.10. The second-order valence-electron chi connectivity index (χ2n) is 2.67. The molecule has 0 spiro atoms. The van der Waals surface area contributed by atoms with Crippen LogP contribution in [-0.4, -0.2) is 17.2 Å². The molecule has 1 aromatic carbocycles. The van der Waals surface area contributed by atoms with Crippen molar-refractivity contribution in [2.24, 2.45) is 0 Å². The molecule has 0 aliphatic carbocycles. The standard InChI is InChI=1S/C8H8N4O2/c1-14-6-4-2-3-5-7(6)10-8(9)11-12(5)13/h2-4H,1H3,(H2,9,10,11). The zero-order valence-electron chi connectivity index (χ0n) is 7.47. The van der Waals surface area contributed by atoms with E-state index in [2.05, 4.69) is 10.1 Å². The molecule has 0 aliphatic rings. The van der Waals surface area contributed by atoms with E-state index in [4.69, 9.17) is 10.5 Å². The third-order valence-corrected chi connectivity index (χ3v) is 1.82. The number of hydrogen-bond donors (Lipinski definition) is 1. The lowest BCUT2D eigenvalue weighted by Gasteiger charge is -2.03. The van der Waals surface area contributed by atoms with Crippen LogP contribution in [0.1, 0.15) is 0 Å². The lowest BCUT2D eigenvalue weighted by Crippen LogP contribution is -2.33. The van der Waals surface area contributed by atoms with Gasteiger partial charge in [0.25, 0.3) is 11.5 Å². The number of nitrogens with zero attached hydrogens (tertiary/aromatic N) is 3. The van der Waals surface area contributed by atoms with Gasteiger partial charge in [-0.2, -0.15) is 4.98 Å². The van der Waals surface area contributed by atoms with E-state index in [0.717, 1.165) is 0 Å². The molecular formula is C8H8N4O2. The highest BCUT2D eigenvalue weighted by Crippen LogP contribution is 2.20. The van der Waals surface area contributed by atoms with Crippen LogP contribution in [0.15, 0.2) is 18.2 Å². The maximum absolute atomic E-state index is 11.3. The minimum atomic E-state index is -0.0722. The van der Waals surface area contributed by atoms with E-state index < -0.39 is 0 Å². The summed E-state index contributed by atoms with van der Waals surface area (Å²) in [4.78, 5) is 4.36. The summed E-state index contributed by atoms with van der Waals surface area (Å²) in [5, 5.41) is 14.7. The predicted molar refractivity (Wildman–Crippen MR) is 49.5 cm³/mol. The van der Waals surface area contributed by atoms with Gasteiger partial charge in [-0.15, -0.1) is 0 Å². The number of para-hydroxylation sites is 1. The van der Waals surface area contributed by atoms with Gasteiger partial charge in [-0.25, -0.2) is 0 Å². The van der Waals surface area contributed by atoms with Gasteiger partial charge in [-0.05, 0) is 10.9 Å². The fourth-order valence-electron chi connectivity index (χ4n) is 1.23. The van der Waals surface area contributed by atoms with Gasteiger partial charge in [0, 0.05) is 6.07 Å². The van der Waals surface area contributed by atoms with Crippen LogP contribution >= 0.6 is 0 Å². The molecule has 0 bridgehead atoms. The Morgan fingerprint density at radius 3 is 3.00 bits per heavy atom. The first-order chi connectivity index (χ1) is 6.72. The Bertz CT molecular complexity index is 486. The number of aromatic nitrogens is 3. The van der Waals surface area contributed by atoms with Crippen LogP contribution in [0.2, 0.25) is 0 Å². The van der Waals surface area contributed by atoms with Crippen molar-refractivity contribution in [1.29, 1.82) is 0 Å². The van der Waals surface area contributed by atoms with E-state index in [1.165, 1.54) is 7.11 Å². The fraction of sp³-hybridized carbons (Fsp3) is 0.125. The first kappa shape index (κ1) is 8.49. The molecular weight excluding hydrogens is 184 g/mol. The maximum atomic E-state index is 11.3. The average Bonchev–Trinajstić information content (AvgIpc) is 2.17. The molecule has 0 aliphatic heterocycles. The van der Waals surface area contributed by atoms with Crippen LogP contribution in [0.3, 0.4) is 0 Å². The van der Waals surface area contributed by atoms with Gasteiger partial charge in [0.2, 0.25) is 0 Å². The minimum Gasteiger partial charge on any atom is -0.594 e. The van der Waals surface area contributed by atoms with Crippen molar-refractivity contribution in [3.05, 3.63) is 23.4 Å². The van der Waals surface area contributed by atoms with Crippen molar-refractivity contribution in [3.8, 4) is 5.75 Å². The van der Waals surface area contributed by atoms with Gasteiger partial charge in [-0.1, -0.05) is 6.07 Å². The van der Waals surface area contributed by atoms with E-state index in [-0.39, 0.29) is 5.95 Å². The Morgan fingerprint density at radius 1 is 1.50 bits per heavy atom. The highest BCUT2D eigenvalue weighted by Gasteiger charge is 2.12. The first-order valence-electron chi connectivity index (χ1n) is 3.92. The SMILES string of the molecule is COc1cccc2c1nc(N)n[n+]2[O-]. The Labute approximate surface area is 79.5 Å². The van der Waals surface area contributed by atoms with Crippen molar-refractivity contribution in [2.45, 2.75) is 0 Å². The number of nitrogens with two attached hydrogens (primary N) is 1. The Balaban J connectivity index is 2.86. The summed E-state index contributed by atoms with van der Waals surface area (Å²) in [6.45, 7) is 0. The van der Waals surface area contributed by atoms with Crippen molar-refractivity contribution >= 4 is 17.0 Å². The second-order valence-corrected chi connectivity index (χ2v) is 2.67. The third kappa shape index (κ3) is 1.17. The Kier molecular flexibility index (Phi) is 1.81. The Morgan fingerprint density at radius 2 is 2.29 bits per heavy atom. The quantitative estimate of drug-likeness (QED) is 0.501. The minimum absolute atomic E-state index is 0.0722. The highest BCUT2D eigenvalue weighted by atomic mass is 16.5. The van der Waals surface area contributed by atoms with Crippen LogP contribution < -0.4 is 15.3 Å². The number of benzene rings is 1. The molecule has 0 atom stereocenters. The van der Waals surface area contributed by atoms with Gasteiger partial charge in [-0.3, -0.25) is 0 Å². The number of methoxy groups -OCH3 is 1. The molecule has 72 valence electrons. The molecule has 6 heteroatoms. The zero-order valence-corrected chi connectivity index (χ0v) is 7.47. The molecule has 0 saturated carbocycles. The van der Waals surface area contributed by atoms with Gasteiger partial charge >= 0.3 is 0 Å². The van der Waals surface area contributed by atoms with E-state index in [9.17, 15) is 5.21 Å². The van der Waals surface area contributed by atoms with Crippen molar-refractivity contribution in [1.82, 2.24) is 10.1 Å². The average molecular weight is 192 g/mol. The van der Waals surface area contributed by atoms with Gasteiger partial charge < -0.3 is 15.7 Å². The number of hydrogen-bond acceptors (Lipinski definition) is 5. The van der Waals surface area contributed by atoms with Crippen molar-refractivity contribution in [3.63, 3.8) is 0 Å². The Hall–Kier alpha value is -2.11. The van der Waals surface area contributed by atoms with Crippen LogP contribution in [0.4, 0.5) is 5.95 Å². The number of rotatable bonds is 1. The van der Waals surface area contributed by atoms with E-state index in [1.807, 2.05) is 0 Å². The van der Waals surface area contributed by atoms with E-state index in [1.54, 1.807) is 18.2 Å². The molecule has 0 saturated heterocycles. The summed E-state index contributed by atoms with van der Waals surface area (Å²) >= 11 is 0. The lowest BCUT2D eigenvalue weighted by atomic mass is 10.3. The first-order valence-corrected chi connectivity index (χ1v) is 3.92. The fourth-order valence-corrected chi connectivity index (χ4v) is 1.23. The van der Waals surface area contributed by atoms with Crippen molar-refractivity contribution in [2.75, 3.05) is 12.8 Å². The molecule has 1 heterocycles. The monoisotopic (exact) mass is 192 g/mol. The van der Waals surface area contributed by atoms with E-state index in [0.29, 0.717) is 21.6 Å². The maximum Gasteiger partial charge on any atom is 0.288 e. The molecule has 0 fully saturated rings. The summed E-state index contributed by atoms with van der Waals surface area (Å²) in [5.74, 6) is 0.429. The van der Waals surface area contributed by atoms with Crippen LogP contribution in [0.25, 0.3) is 11.0 Å². The summed E-state index contributed by atoms with van der Waals surface area (Å²) < 4.78 is 5.04. The lowest BCUT2D eigenvalue weighted by molar-refractivity contribution is -0.641. The van der Waals surface area contributed by atoms with Gasteiger partial charge in [0.15, 0.2) is 11.3 Å². The molecule has 0 radical (unpaired) electrons. The second kappa shape index (κ2) is 2.99. The number of nitrogen functional groups attached to an aromatic ring is 1. The zero-order chi connectivity index (χ0) is 10.1. The highest BCUT2D eigenvalue weighted by molar-refractivity contribution is 5.78. The van der Waals surface area contributed by atoms with E-state index >= 15 is 0 Å². The van der Waals surface area contributed by atoms with Crippen LogP contribution in [-0.2, 0) is 0 Å². The molecule has 14 heavy (non-hydrogen) atoms. The molecule has 2 N–H and O–H groups in total. The molecule has 0 amide bonds. The summed E-state index contributed by atoms with van der Waals surface area (Å²) in [7, 11) is 1.50. The smallest absolute Gasteiger partial charge is 0.288 e. The van der Waals surface area contributed by atoms with Crippen LogP contribution in [0.5, 0.6) is 5.75 Å². The molecule has 2 rings (SSSR count). The molecule has 0 unspecified atom stereocenters. The molecule has 6 nitrogen and oxygen atoms in total. The number of fused-ring (bicyclic) bond motifs is 1. The van der Waals surface area contributed by atoms with Crippen molar-refractivity contribution < 1.29 is 9.58 Å². The largest absolute Gasteiger partial charge is 0.594 e. The van der Waals surface area contributed by atoms with Crippen LogP contribution in [0, 0.1) is 5.21 Å². The molecule has 2 aromatic rings. The topological polar surface area (TPSA) is 88.0 Å². The van der Waals surface area contributed by atoms with Gasteiger partial charge in [0.05, 0.1) is 12.2 Å². The number of ether oxygens (including phenoxy) is 1. The summed E-state index contributed by atoms with van der Waals surface area (Å²) in [6.07, 6.45) is 0. The third-order valence-electron chi connectivity index (χ3n) is 1.82.